The lowest BCUT2D eigenvalue weighted by molar-refractivity contribution is -0.119. The van der Waals surface area contributed by atoms with Gasteiger partial charge in [0, 0.05) is 11.3 Å². The summed E-state index contributed by atoms with van der Waals surface area (Å²) >= 11 is 0. The molecule has 0 spiro atoms. The minimum absolute atomic E-state index is 0.353. The molecule has 0 radical (unpaired) electrons. The summed E-state index contributed by atoms with van der Waals surface area (Å²) in [5.74, 6) is -0.218. The van der Waals surface area contributed by atoms with Gasteiger partial charge in [-0.25, -0.2) is 9.78 Å². The maximum absolute atomic E-state index is 12.4. The van der Waals surface area contributed by atoms with E-state index in [2.05, 4.69) is 15.3 Å². The van der Waals surface area contributed by atoms with Crippen LogP contribution in [0.5, 0.6) is 0 Å². The number of H-pyrrole nitrogens is 1. The molecule has 4 aromatic rings. The van der Waals surface area contributed by atoms with E-state index in [-0.39, 0.29) is 12.5 Å². The number of ether oxygens (including phenoxy) is 1. The van der Waals surface area contributed by atoms with Gasteiger partial charge in [0.15, 0.2) is 6.61 Å². The maximum atomic E-state index is 12.4. The SMILES string of the molecule is Cc1ccc(-c2nc3ccc(C(=O)OCC(=O)Nc4cccc(C)c4C)cc3[nH]2)cc1. The van der Waals surface area contributed by atoms with Crippen LogP contribution >= 0.6 is 0 Å². The van der Waals surface area contributed by atoms with Gasteiger partial charge in [0.1, 0.15) is 5.82 Å². The third-order valence-corrected chi connectivity index (χ3v) is 5.26. The van der Waals surface area contributed by atoms with Gasteiger partial charge in [-0.15, -0.1) is 0 Å². The van der Waals surface area contributed by atoms with Crippen LogP contribution in [0.3, 0.4) is 0 Å². The Morgan fingerprint density at radius 3 is 2.55 bits per heavy atom. The van der Waals surface area contributed by atoms with E-state index in [1.54, 1.807) is 18.2 Å². The molecule has 31 heavy (non-hydrogen) atoms. The van der Waals surface area contributed by atoms with Crippen molar-refractivity contribution >= 4 is 28.6 Å². The fourth-order valence-electron chi connectivity index (χ4n) is 3.27. The highest BCUT2D eigenvalue weighted by Gasteiger charge is 2.14. The molecular formula is C25H23N3O3. The third-order valence-electron chi connectivity index (χ3n) is 5.26. The molecular weight excluding hydrogens is 390 g/mol. The second-order valence-electron chi connectivity index (χ2n) is 7.56. The Kier molecular flexibility index (Phi) is 5.54. The molecule has 2 N–H and O–H groups in total. The van der Waals surface area contributed by atoms with Crippen LogP contribution < -0.4 is 5.32 Å². The van der Waals surface area contributed by atoms with E-state index in [0.29, 0.717) is 11.3 Å². The summed E-state index contributed by atoms with van der Waals surface area (Å²) in [6, 6.07) is 18.8. The van der Waals surface area contributed by atoms with Gasteiger partial charge in [-0.2, -0.15) is 0 Å². The van der Waals surface area contributed by atoms with E-state index in [9.17, 15) is 9.59 Å². The molecule has 0 unspecified atom stereocenters. The normalized spacial score (nSPS) is 10.8. The molecule has 6 nitrogen and oxygen atoms in total. The lowest BCUT2D eigenvalue weighted by Crippen LogP contribution is -2.21. The van der Waals surface area contributed by atoms with Gasteiger partial charge in [-0.1, -0.05) is 42.0 Å². The van der Waals surface area contributed by atoms with Crippen LogP contribution in [0.2, 0.25) is 0 Å². The highest BCUT2D eigenvalue weighted by Crippen LogP contribution is 2.22. The molecule has 0 aliphatic carbocycles. The van der Waals surface area contributed by atoms with Gasteiger partial charge in [0.05, 0.1) is 16.6 Å². The van der Waals surface area contributed by atoms with Crippen molar-refractivity contribution in [3.63, 3.8) is 0 Å². The molecule has 1 amide bonds. The molecule has 0 fully saturated rings. The van der Waals surface area contributed by atoms with Crippen LogP contribution in [0.25, 0.3) is 22.4 Å². The number of aryl methyl sites for hydroxylation is 2. The number of carbonyl (C=O) groups is 2. The maximum Gasteiger partial charge on any atom is 0.338 e. The average Bonchev–Trinajstić information content (AvgIpc) is 3.19. The Morgan fingerprint density at radius 2 is 1.77 bits per heavy atom. The number of hydrogen-bond acceptors (Lipinski definition) is 4. The third kappa shape index (κ3) is 4.48. The summed E-state index contributed by atoms with van der Waals surface area (Å²) < 4.78 is 5.20. The number of aromatic amines is 1. The van der Waals surface area contributed by atoms with Gasteiger partial charge >= 0.3 is 5.97 Å². The molecule has 0 bridgehead atoms. The van der Waals surface area contributed by atoms with Crippen molar-refractivity contribution in [2.75, 3.05) is 11.9 Å². The number of imidazole rings is 1. The summed E-state index contributed by atoms with van der Waals surface area (Å²) in [6.07, 6.45) is 0. The highest BCUT2D eigenvalue weighted by atomic mass is 16.5. The van der Waals surface area contributed by atoms with Crippen LogP contribution in [0.15, 0.2) is 60.7 Å². The molecule has 1 aromatic heterocycles. The van der Waals surface area contributed by atoms with Crippen LogP contribution in [0, 0.1) is 20.8 Å². The van der Waals surface area contributed by atoms with E-state index >= 15 is 0 Å². The van der Waals surface area contributed by atoms with Gasteiger partial charge in [-0.3, -0.25) is 4.79 Å². The number of esters is 1. The number of nitrogens with one attached hydrogen (secondary N) is 2. The monoisotopic (exact) mass is 413 g/mol. The van der Waals surface area contributed by atoms with Crippen LogP contribution in [-0.2, 0) is 9.53 Å². The Balaban J connectivity index is 1.43. The van der Waals surface area contributed by atoms with Crippen molar-refractivity contribution < 1.29 is 14.3 Å². The molecule has 0 saturated heterocycles. The molecule has 0 atom stereocenters. The second-order valence-corrected chi connectivity index (χ2v) is 7.56. The van der Waals surface area contributed by atoms with Crippen molar-refractivity contribution in [2.45, 2.75) is 20.8 Å². The van der Waals surface area contributed by atoms with Crippen molar-refractivity contribution in [3.05, 3.63) is 82.9 Å². The Hall–Kier alpha value is -3.93. The second kappa shape index (κ2) is 8.44. The van der Waals surface area contributed by atoms with E-state index in [1.807, 2.05) is 63.2 Å². The number of hydrogen-bond donors (Lipinski definition) is 2. The number of nitrogens with zero attached hydrogens (tertiary/aromatic N) is 1. The molecule has 156 valence electrons. The van der Waals surface area contributed by atoms with Gasteiger partial charge in [-0.05, 0) is 56.2 Å². The predicted molar refractivity (Wildman–Crippen MR) is 121 cm³/mol. The minimum atomic E-state index is -0.565. The number of aromatic nitrogens is 2. The fraction of sp³-hybridized carbons (Fsp3) is 0.160. The summed E-state index contributed by atoms with van der Waals surface area (Å²) in [4.78, 5) is 32.5. The Morgan fingerprint density at radius 1 is 1.00 bits per heavy atom. The fourth-order valence-corrected chi connectivity index (χ4v) is 3.27. The van der Waals surface area contributed by atoms with Gasteiger partial charge < -0.3 is 15.0 Å². The first-order valence-corrected chi connectivity index (χ1v) is 10.0. The molecule has 4 rings (SSSR count). The number of benzene rings is 3. The smallest absolute Gasteiger partial charge is 0.338 e. The Bertz CT molecular complexity index is 1270. The Labute approximate surface area is 180 Å². The van der Waals surface area contributed by atoms with E-state index in [4.69, 9.17) is 4.74 Å². The zero-order chi connectivity index (χ0) is 22.0. The van der Waals surface area contributed by atoms with Gasteiger partial charge in [0.2, 0.25) is 0 Å². The summed E-state index contributed by atoms with van der Waals surface area (Å²) in [5.41, 5.74) is 6.74. The van der Waals surface area contributed by atoms with E-state index < -0.39 is 5.97 Å². The van der Waals surface area contributed by atoms with Crippen molar-refractivity contribution in [1.82, 2.24) is 9.97 Å². The van der Waals surface area contributed by atoms with Crippen molar-refractivity contribution in [1.29, 1.82) is 0 Å². The quantitative estimate of drug-likeness (QED) is 0.454. The van der Waals surface area contributed by atoms with Crippen LogP contribution in [-0.4, -0.2) is 28.5 Å². The topological polar surface area (TPSA) is 84.1 Å². The summed E-state index contributed by atoms with van der Waals surface area (Å²) in [7, 11) is 0. The zero-order valence-electron chi connectivity index (χ0n) is 17.7. The number of fused-ring (bicyclic) bond motifs is 1. The minimum Gasteiger partial charge on any atom is -0.452 e. The largest absolute Gasteiger partial charge is 0.452 e. The summed E-state index contributed by atoms with van der Waals surface area (Å²) in [5, 5.41) is 2.78. The van der Waals surface area contributed by atoms with Crippen LogP contribution in [0.1, 0.15) is 27.0 Å². The first kappa shape index (κ1) is 20.3. The number of amides is 1. The zero-order valence-corrected chi connectivity index (χ0v) is 17.7. The van der Waals surface area contributed by atoms with Crippen molar-refractivity contribution in [3.8, 4) is 11.4 Å². The van der Waals surface area contributed by atoms with E-state index in [1.165, 1.54) is 5.56 Å². The predicted octanol–water partition coefficient (Wildman–Crippen LogP) is 4.95. The molecule has 0 saturated carbocycles. The summed E-state index contributed by atoms with van der Waals surface area (Å²) in [6.45, 7) is 5.58. The number of carbonyl (C=O) groups excluding carboxylic acids is 2. The highest BCUT2D eigenvalue weighted by molar-refractivity contribution is 5.97. The molecule has 0 aliphatic heterocycles. The van der Waals surface area contributed by atoms with Crippen molar-refractivity contribution in [2.24, 2.45) is 0 Å². The molecule has 3 aromatic carbocycles. The standard InChI is InChI=1S/C25H23N3O3/c1-15-7-9-18(10-8-15)24-27-21-12-11-19(13-22(21)28-24)25(30)31-14-23(29)26-20-6-4-5-16(2)17(20)3/h4-13H,14H2,1-3H3,(H,26,29)(H,27,28). The van der Waals surface area contributed by atoms with E-state index in [0.717, 1.165) is 33.5 Å². The number of rotatable bonds is 5. The first-order chi connectivity index (χ1) is 14.9. The number of anilines is 1. The van der Waals surface area contributed by atoms with Gasteiger partial charge in [0.25, 0.3) is 5.91 Å². The lowest BCUT2D eigenvalue weighted by Gasteiger charge is -2.10. The molecule has 0 aliphatic rings. The lowest BCUT2D eigenvalue weighted by atomic mass is 10.1. The van der Waals surface area contributed by atoms with Crippen LogP contribution in [0.4, 0.5) is 5.69 Å². The molecule has 1 heterocycles. The molecule has 6 heteroatoms. The average molecular weight is 413 g/mol. The first-order valence-electron chi connectivity index (χ1n) is 10.0.